The van der Waals surface area contributed by atoms with E-state index in [-0.39, 0.29) is 16.4 Å². The van der Waals surface area contributed by atoms with E-state index in [9.17, 15) is 4.39 Å². The van der Waals surface area contributed by atoms with Gasteiger partial charge in [-0.15, -0.1) is 0 Å². The minimum absolute atomic E-state index is 0.0860. The summed E-state index contributed by atoms with van der Waals surface area (Å²) in [7, 11) is 0. The molecule has 0 radical (unpaired) electrons. The van der Waals surface area contributed by atoms with Gasteiger partial charge in [-0.2, -0.15) is 0 Å². The lowest BCUT2D eigenvalue weighted by Crippen LogP contribution is -2.50. The molecule has 0 saturated heterocycles. The van der Waals surface area contributed by atoms with Gasteiger partial charge in [0.25, 0.3) is 0 Å². The monoisotopic (exact) mass is 293 g/mol. The molecular formula is C17H21ClFN. The van der Waals surface area contributed by atoms with E-state index in [4.69, 9.17) is 17.3 Å². The van der Waals surface area contributed by atoms with Crippen LogP contribution in [0.3, 0.4) is 0 Å². The third kappa shape index (κ3) is 1.84. The first kappa shape index (κ1) is 13.1. The fraction of sp³-hybridized carbons (Fsp3) is 0.647. The maximum atomic E-state index is 13.3. The summed E-state index contributed by atoms with van der Waals surface area (Å²) in [6.07, 6.45) is 7.49. The Balaban J connectivity index is 1.58. The molecule has 2 bridgehead atoms. The van der Waals surface area contributed by atoms with Gasteiger partial charge < -0.3 is 5.73 Å². The maximum Gasteiger partial charge on any atom is 0.141 e. The molecule has 3 heteroatoms. The van der Waals surface area contributed by atoms with Crippen LogP contribution in [0.15, 0.2) is 18.2 Å². The normalized spacial score (nSPS) is 42.1. The van der Waals surface area contributed by atoms with Crippen molar-refractivity contribution < 1.29 is 4.39 Å². The highest BCUT2D eigenvalue weighted by molar-refractivity contribution is 6.30. The molecule has 0 aliphatic heterocycles. The summed E-state index contributed by atoms with van der Waals surface area (Å²) < 4.78 is 13.3. The Kier molecular flexibility index (Phi) is 2.91. The molecule has 3 aliphatic rings. The average molecular weight is 294 g/mol. The first-order valence-corrected chi connectivity index (χ1v) is 8.17. The molecule has 3 aliphatic carbocycles. The van der Waals surface area contributed by atoms with Gasteiger partial charge in [0, 0.05) is 5.54 Å². The zero-order valence-corrected chi connectivity index (χ0v) is 12.4. The van der Waals surface area contributed by atoms with Crippen molar-refractivity contribution >= 4 is 11.6 Å². The molecule has 2 N–H and O–H groups in total. The lowest BCUT2D eigenvalue weighted by atomic mass is 9.69. The highest BCUT2D eigenvalue weighted by atomic mass is 35.5. The van der Waals surface area contributed by atoms with Crippen molar-refractivity contribution in [3.05, 3.63) is 34.6 Å². The van der Waals surface area contributed by atoms with E-state index in [0.717, 1.165) is 36.2 Å². The quantitative estimate of drug-likeness (QED) is 0.870. The van der Waals surface area contributed by atoms with Crippen LogP contribution in [-0.2, 0) is 6.42 Å². The van der Waals surface area contributed by atoms with Gasteiger partial charge in [0.15, 0.2) is 0 Å². The van der Waals surface area contributed by atoms with Crippen molar-refractivity contribution in [1.29, 1.82) is 0 Å². The fourth-order valence-electron chi connectivity index (χ4n) is 5.55. The lowest BCUT2D eigenvalue weighted by molar-refractivity contribution is 0.156. The third-order valence-electron chi connectivity index (χ3n) is 6.20. The molecule has 5 unspecified atom stereocenters. The van der Waals surface area contributed by atoms with E-state index in [1.807, 2.05) is 6.07 Å². The topological polar surface area (TPSA) is 26.0 Å². The Hall–Kier alpha value is -0.600. The molecule has 0 heterocycles. The van der Waals surface area contributed by atoms with E-state index in [1.165, 1.54) is 31.7 Å². The van der Waals surface area contributed by atoms with Gasteiger partial charge in [0.2, 0.25) is 0 Å². The van der Waals surface area contributed by atoms with Crippen molar-refractivity contribution in [3.8, 4) is 0 Å². The number of fused-ring (bicyclic) bond motifs is 5. The second kappa shape index (κ2) is 4.45. The highest BCUT2D eigenvalue weighted by Crippen LogP contribution is 2.62. The molecule has 108 valence electrons. The third-order valence-corrected chi connectivity index (χ3v) is 6.49. The zero-order valence-electron chi connectivity index (χ0n) is 11.6. The standard InChI is InChI=1S/C17H21ClFN/c18-15-6-10(4-5-16(15)19)8-17(20)9-11-7-14(17)13-3-1-2-12(11)13/h4-6,11-14H,1-3,7-9,20H2. The minimum Gasteiger partial charge on any atom is -0.325 e. The Morgan fingerprint density at radius 1 is 1.30 bits per heavy atom. The Bertz CT molecular complexity index is 546. The summed E-state index contributed by atoms with van der Waals surface area (Å²) in [5.74, 6) is 2.98. The summed E-state index contributed by atoms with van der Waals surface area (Å²) in [5.41, 5.74) is 7.78. The smallest absolute Gasteiger partial charge is 0.141 e. The number of hydrogen-bond donors (Lipinski definition) is 1. The zero-order chi connectivity index (χ0) is 13.9. The van der Waals surface area contributed by atoms with Crippen LogP contribution in [0.25, 0.3) is 0 Å². The van der Waals surface area contributed by atoms with E-state index in [2.05, 4.69) is 0 Å². The number of benzene rings is 1. The predicted octanol–water partition coefficient (Wildman–Crippen LogP) is 4.18. The highest BCUT2D eigenvalue weighted by Gasteiger charge is 2.59. The van der Waals surface area contributed by atoms with Crippen LogP contribution < -0.4 is 5.73 Å². The number of rotatable bonds is 2. The van der Waals surface area contributed by atoms with Crippen LogP contribution in [-0.4, -0.2) is 5.54 Å². The molecule has 0 amide bonds. The lowest BCUT2D eigenvalue weighted by Gasteiger charge is -2.40. The number of halogens is 2. The Morgan fingerprint density at radius 2 is 2.10 bits per heavy atom. The molecule has 0 spiro atoms. The van der Waals surface area contributed by atoms with Crippen LogP contribution in [0.4, 0.5) is 4.39 Å². The Labute approximate surface area is 124 Å². The number of hydrogen-bond acceptors (Lipinski definition) is 1. The van der Waals surface area contributed by atoms with Gasteiger partial charge in [0.05, 0.1) is 5.02 Å². The second-order valence-corrected chi connectivity index (χ2v) is 7.63. The first-order chi connectivity index (χ1) is 9.57. The molecule has 4 rings (SSSR count). The van der Waals surface area contributed by atoms with Crippen molar-refractivity contribution in [2.75, 3.05) is 0 Å². The number of nitrogens with two attached hydrogens (primary N) is 1. The molecule has 5 atom stereocenters. The van der Waals surface area contributed by atoms with Crippen LogP contribution >= 0.6 is 11.6 Å². The predicted molar refractivity (Wildman–Crippen MR) is 79.1 cm³/mol. The maximum absolute atomic E-state index is 13.3. The van der Waals surface area contributed by atoms with Crippen molar-refractivity contribution in [2.24, 2.45) is 29.4 Å². The van der Waals surface area contributed by atoms with Gasteiger partial charge in [-0.1, -0.05) is 24.1 Å². The second-order valence-electron chi connectivity index (χ2n) is 7.22. The van der Waals surface area contributed by atoms with E-state index in [1.54, 1.807) is 6.07 Å². The van der Waals surface area contributed by atoms with Gasteiger partial charge in [-0.05, 0) is 73.5 Å². The van der Waals surface area contributed by atoms with Crippen LogP contribution in [0.1, 0.15) is 37.7 Å². The Morgan fingerprint density at radius 3 is 2.90 bits per heavy atom. The molecule has 3 saturated carbocycles. The summed E-state index contributed by atoms with van der Waals surface area (Å²) in [5, 5.41) is 0.216. The molecule has 1 nitrogen and oxygen atoms in total. The van der Waals surface area contributed by atoms with Crippen molar-refractivity contribution in [2.45, 2.75) is 44.1 Å². The molecular weight excluding hydrogens is 273 g/mol. The van der Waals surface area contributed by atoms with E-state index in [0.29, 0.717) is 5.92 Å². The van der Waals surface area contributed by atoms with Crippen LogP contribution in [0.2, 0.25) is 5.02 Å². The average Bonchev–Trinajstić information content (AvgIpc) is 3.04. The first-order valence-electron chi connectivity index (χ1n) is 7.80. The summed E-state index contributed by atoms with van der Waals surface area (Å²) >= 11 is 5.90. The van der Waals surface area contributed by atoms with Crippen LogP contribution in [0.5, 0.6) is 0 Å². The van der Waals surface area contributed by atoms with Gasteiger partial charge >= 0.3 is 0 Å². The van der Waals surface area contributed by atoms with E-state index < -0.39 is 0 Å². The fourth-order valence-corrected chi connectivity index (χ4v) is 5.75. The summed E-state index contributed by atoms with van der Waals surface area (Å²) in [6, 6.07) is 5.06. The van der Waals surface area contributed by atoms with Gasteiger partial charge in [-0.25, -0.2) is 4.39 Å². The summed E-state index contributed by atoms with van der Waals surface area (Å²) in [6.45, 7) is 0. The van der Waals surface area contributed by atoms with Crippen molar-refractivity contribution in [1.82, 2.24) is 0 Å². The summed E-state index contributed by atoms with van der Waals surface area (Å²) in [4.78, 5) is 0. The van der Waals surface area contributed by atoms with Crippen molar-refractivity contribution in [3.63, 3.8) is 0 Å². The largest absolute Gasteiger partial charge is 0.325 e. The van der Waals surface area contributed by atoms with Gasteiger partial charge in [0.1, 0.15) is 5.82 Å². The molecule has 3 fully saturated rings. The minimum atomic E-state index is -0.342. The SMILES string of the molecule is NC1(Cc2ccc(F)c(Cl)c2)CC2CC1C1CCCC21. The van der Waals surface area contributed by atoms with E-state index >= 15 is 0 Å². The van der Waals surface area contributed by atoms with Crippen LogP contribution in [0, 0.1) is 29.5 Å². The molecule has 1 aromatic rings. The van der Waals surface area contributed by atoms with Gasteiger partial charge in [-0.3, -0.25) is 0 Å². The molecule has 1 aromatic carbocycles. The molecule has 20 heavy (non-hydrogen) atoms. The molecule has 0 aromatic heterocycles.